The maximum Gasteiger partial charge on any atom is 0.165 e. The molecule has 1 aliphatic heterocycles. The molecule has 1 aliphatic carbocycles. The fourth-order valence-electron chi connectivity index (χ4n) is 3.74. The van der Waals surface area contributed by atoms with Gasteiger partial charge in [-0.1, -0.05) is 19.1 Å². The van der Waals surface area contributed by atoms with Crippen LogP contribution in [-0.4, -0.2) is 28.2 Å². The highest BCUT2D eigenvalue weighted by Crippen LogP contribution is 2.35. The van der Waals surface area contributed by atoms with Gasteiger partial charge in [-0.15, -0.1) is 0 Å². The second-order valence-electron chi connectivity index (χ2n) is 6.86. The highest BCUT2D eigenvalue weighted by Gasteiger charge is 2.26. The number of phenolic OH excluding ortho intramolecular Hbond substituents is 1. The van der Waals surface area contributed by atoms with Crippen LogP contribution >= 0.6 is 0 Å². The van der Waals surface area contributed by atoms with E-state index in [1.807, 2.05) is 18.2 Å². The standard InChI is InChI=1S/C19H23N3O/c1-13-8-9-14-16(12-13)20-18(15-6-2-3-7-17(15)23)21-19(14)22-10-4-5-11-22/h2-3,6-7,13,23H,4-5,8-12H2,1H3. The largest absolute Gasteiger partial charge is 0.507 e. The zero-order chi connectivity index (χ0) is 15.8. The van der Waals surface area contributed by atoms with Crippen molar-refractivity contribution in [2.75, 3.05) is 18.0 Å². The highest BCUT2D eigenvalue weighted by atomic mass is 16.3. The van der Waals surface area contributed by atoms with Crippen molar-refractivity contribution in [2.45, 2.75) is 39.0 Å². The van der Waals surface area contributed by atoms with E-state index in [-0.39, 0.29) is 5.75 Å². The third-order valence-electron chi connectivity index (χ3n) is 5.05. The van der Waals surface area contributed by atoms with Crippen LogP contribution in [0.4, 0.5) is 5.82 Å². The molecule has 0 spiro atoms. The van der Waals surface area contributed by atoms with E-state index in [1.54, 1.807) is 6.07 Å². The van der Waals surface area contributed by atoms with Gasteiger partial charge in [-0.25, -0.2) is 9.97 Å². The van der Waals surface area contributed by atoms with Crippen LogP contribution in [0.3, 0.4) is 0 Å². The third-order valence-corrected chi connectivity index (χ3v) is 5.05. The van der Waals surface area contributed by atoms with Crippen LogP contribution in [0.25, 0.3) is 11.4 Å². The smallest absolute Gasteiger partial charge is 0.165 e. The molecule has 1 aromatic heterocycles. The number of benzene rings is 1. The second-order valence-corrected chi connectivity index (χ2v) is 6.86. The fourth-order valence-corrected chi connectivity index (χ4v) is 3.74. The number of para-hydroxylation sites is 1. The van der Waals surface area contributed by atoms with Gasteiger partial charge in [0.1, 0.15) is 11.6 Å². The molecule has 4 heteroatoms. The Labute approximate surface area is 137 Å². The molecule has 23 heavy (non-hydrogen) atoms. The molecule has 1 saturated heterocycles. The predicted molar refractivity (Wildman–Crippen MR) is 91.8 cm³/mol. The Bertz CT molecular complexity index is 723. The van der Waals surface area contributed by atoms with Crippen molar-refractivity contribution >= 4 is 5.82 Å². The molecular weight excluding hydrogens is 286 g/mol. The van der Waals surface area contributed by atoms with E-state index in [0.717, 1.165) is 37.3 Å². The van der Waals surface area contributed by atoms with E-state index in [9.17, 15) is 5.11 Å². The van der Waals surface area contributed by atoms with Gasteiger partial charge in [0.05, 0.1) is 11.3 Å². The molecule has 0 saturated carbocycles. The van der Waals surface area contributed by atoms with Crippen molar-refractivity contribution < 1.29 is 5.11 Å². The van der Waals surface area contributed by atoms with Crippen molar-refractivity contribution in [1.82, 2.24) is 9.97 Å². The SMILES string of the molecule is CC1CCc2c(nc(-c3ccccc3O)nc2N2CCCC2)C1. The van der Waals surface area contributed by atoms with Gasteiger partial charge >= 0.3 is 0 Å². The van der Waals surface area contributed by atoms with Crippen molar-refractivity contribution in [1.29, 1.82) is 0 Å². The number of hydrogen-bond acceptors (Lipinski definition) is 4. The molecule has 120 valence electrons. The monoisotopic (exact) mass is 309 g/mol. The minimum Gasteiger partial charge on any atom is -0.507 e. The molecule has 0 radical (unpaired) electrons. The maximum absolute atomic E-state index is 10.2. The summed E-state index contributed by atoms with van der Waals surface area (Å²) in [6.45, 7) is 4.46. The van der Waals surface area contributed by atoms with E-state index in [2.05, 4.69) is 11.8 Å². The van der Waals surface area contributed by atoms with Crippen molar-refractivity contribution in [3.8, 4) is 17.1 Å². The molecule has 4 rings (SSSR count). The summed E-state index contributed by atoms with van der Waals surface area (Å²) in [6, 6.07) is 7.37. The average molecular weight is 309 g/mol. The molecule has 1 N–H and O–H groups in total. The predicted octanol–water partition coefficient (Wildman–Crippen LogP) is 3.57. The van der Waals surface area contributed by atoms with Crippen LogP contribution in [-0.2, 0) is 12.8 Å². The Morgan fingerprint density at radius 2 is 1.91 bits per heavy atom. The maximum atomic E-state index is 10.2. The Kier molecular flexibility index (Phi) is 3.68. The highest BCUT2D eigenvalue weighted by molar-refractivity contribution is 5.66. The zero-order valence-corrected chi connectivity index (χ0v) is 13.6. The van der Waals surface area contributed by atoms with Crippen molar-refractivity contribution in [3.05, 3.63) is 35.5 Å². The lowest BCUT2D eigenvalue weighted by molar-refractivity contribution is 0.476. The van der Waals surface area contributed by atoms with Gasteiger partial charge in [-0.2, -0.15) is 0 Å². The van der Waals surface area contributed by atoms with E-state index in [0.29, 0.717) is 11.7 Å². The van der Waals surface area contributed by atoms with Gasteiger partial charge in [0, 0.05) is 18.7 Å². The number of fused-ring (bicyclic) bond motifs is 1. The van der Waals surface area contributed by atoms with Crippen LogP contribution < -0.4 is 4.90 Å². The fraction of sp³-hybridized carbons (Fsp3) is 0.474. The Morgan fingerprint density at radius 1 is 1.13 bits per heavy atom. The second kappa shape index (κ2) is 5.84. The molecule has 1 unspecified atom stereocenters. The molecule has 2 heterocycles. The van der Waals surface area contributed by atoms with Crippen LogP contribution in [0.1, 0.15) is 37.4 Å². The third kappa shape index (κ3) is 2.67. The van der Waals surface area contributed by atoms with Crippen LogP contribution in [0.5, 0.6) is 5.75 Å². The normalized spacial score (nSPS) is 20.6. The van der Waals surface area contributed by atoms with Crippen LogP contribution in [0.15, 0.2) is 24.3 Å². The topological polar surface area (TPSA) is 49.3 Å². The summed E-state index contributed by atoms with van der Waals surface area (Å²) in [6.07, 6.45) is 5.78. The van der Waals surface area contributed by atoms with E-state index < -0.39 is 0 Å². The van der Waals surface area contributed by atoms with Gasteiger partial charge in [-0.3, -0.25) is 0 Å². The first kappa shape index (κ1) is 14.5. The number of nitrogens with zero attached hydrogens (tertiary/aromatic N) is 3. The number of aromatic nitrogens is 2. The van der Waals surface area contributed by atoms with Gasteiger partial charge in [0.25, 0.3) is 0 Å². The van der Waals surface area contributed by atoms with Gasteiger partial charge in [0.2, 0.25) is 0 Å². The Morgan fingerprint density at radius 3 is 2.70 bits per heavy atom. The minimum absolute atomic E-state index is 0.253. The quantitative estimate of drug-likeness (QED) is 0.921. The van der Waals surface area contributed by atoms with E-state index in [4.69, 9.17) is 9.97 Å². The first-order chi connectivity index (χ1) is 11.2. The molecule has 1 fully saturated rings. The number of hydrogen-bond donors (Lipinski definition) is 1. The first-order valence-electron chi connectivity index (χ1n) is 8.65. The van der Waals surface area contributed by atoms with Gasteiger partial charge < -0.3 is 10.0 Å². The Hall–Kier alpha value is -2.10. The zero-order valence-electron chi connectivity index (χ0n) is 13.6. The number of rotatable bonds is 2. The number of aromatic hydroxyl groups is 1. The number of anilines is 1. The number of phenols is 1. The molecular formula is C19H23N3O. The molecule has 0 bridgehead atoms. The van der Waals surface area contributed by atoms with Crippen LogP contribution in [0, 0.1) is 5.92 Å². The van der Waals surface area contributed by atoms with Gasteiger partial charge in [-0.05, 0) is 50.2 Å². The summed E-state index contributed by atoms with van der Waals surface area (Å²) in [5.41, 5.74) is 3.25. The van der Waals surface area contributed by atoms with Crippen LogP contribution in [0.2, 0.25) is 0 Å². The molecule has 4 nitrogen and oxygen atoms in total. The van der Waals surface area contributed by atoms with E-state index >= 15 is 0 Å². The molecule has 1 aromatic carbocycles. The van der Waals surface area contributed by atoms with Crippen molar-refractivity contribution in [3.63, 3.8) is 0 Å². The molecule has 0 amide bonds. The lowest BCUT2D eigenvalue weighted by atomic mass is 9.88. The van der Waals surface area contributed by atoms with Gasteiger partial charge in [0.15, 0.2) is 5.82 Å². The summed E-state index contributed by atoms with van der Waals surface area (Å²) in [5.74, 6) is 2.69. The Balaban J connectivity index is 1.86. The summed E-state index contributed by atoms with van der Waals surface area (Å²) < 4.78 is 0. The molecule has 2 aromatic rings. The lowest BCUT2D eigenvalue weighted by Crippen LogP contribution is -2.25. The summed E-state index contributed by atoms with van der Waals surface area (Å²) in [7, 11) is 0. The van der Waals surface area contributed by atoms with E-state index in [1.165, 1.54) is 30.5 Å². The summed E-state index contributed by atoms with van der Waals surface area (Å²) >= 11 is 0. The summed E-state index contributed by atoms with van der Waals surface area (Å²) in [5, 5.41) is 10.2. The molecule has 2 aliphatic rings. The van der Waals surface area contributed by atoms with Crippen molar-refractivity contribution in [2.24, 2.45) is 5.92 Å². The summed E-state index contributed by atoms with van der Waals surface area (Å²) in [4.78, 5) is 12.1. The first-order valence-corrected chi connectivity index (χ1v) is 8.65. The lowest BCUT2D eigenvalue weighted by Gasteiger charge is -2.27. The average Bonchev–Trinajstić information content (AvgIpc) is 3.08. The molecule has 1 atom stereocenters. The minimum atomic E-state index is 0.253.